The molecule has 0 saturated carbocycles. The number of carbonyl (C=O) groups is 1. The molecular formula is C12H12ClN2O3W-. The summed E-state index contributed by atoms with van der Waals surface area (Å²) in [5, 5.41) is -0.0567. The van der Waals surface area contributed by atoms with Gasteiger partial charge in [-0.05, 0) is 18.4 Å². The molecule has 7 heteroatoms. The average Bonchev–Trinajstić information content (AvgIpc) is 2.34. The van der Waals surface area contributed by atoms with Crippen molar-refractivity contribution in [2.24, 2.45) is 0 Å². The predicted molar refractivity (Wildman–Crippen MR) is 64.5 cm³/mol. The average molecular weight is 452 g/mol. The van der Waals surface area contributed by atoms with Crippen molar-refractivity contribution >= 4 is 17.5 Å². The first-order valence-electron chi connectivity index (χ1n) is 5.84. The molecule has 1 aromatic heterocycles. The van der Waals surface area contributed by atoms with Crippen LogP contribution in [0.15, 0.2) is 11.0 Å². The number of carbonyl (C=O) groups excluding carboxylic acids is 1. The Morgan fingerprint density at radius 3 is 2.95 bits per heavy atom. The van der Waals surface area contributed by atoms with E-state index in [-0.39, 0.29) is 50.0 Å². The standard InChI is InChI=1S/C12H12ClN2O3.W/c1-7-3-5-18-9-6-14-4-2-8(16)10(13)11(14)12(17)15(7)9;/h4,7,9H,3,5-6H2,1H3;/q-1;/t7-,9+;/m1./s1. The van der Waals surface area contributed by atoms with Gasteiger partial charge in [-0.15, -0.1) is 0 Å². The summed E-state index contributed by atoms with van der Waals surface area (Å²) in [6, 6.07) is 2.60. The van der Waals surface area contributed by atoms with Gasteiger partial charge in [-0.2, -0.15) is 17.7 Å². The van der Waals surface area contributed by atoms with E-state index >= 15 is 0 Å². The van der Waals surface area contributed by atoms with E-state index < -0.39 is 5.43 Å². The molecule has 0 spiro atoms. The number of aromatic nitrogens is 1. The Morgan fingerprint density at radius 2 is 2.21 bits per heavy atom. The van der Waals surface area contributed by atoms with Gasteiger partial charge in [0, 0.05) is 38.2 Å². The number of amides is 1. The van der Waals surface area contributed by atoms with Gasteiger partial charge in [0.1, 0.15) is 0 Å². The topological polar surface area (TPSA) is 51.5 Å². The largest absolute Gasteiger partial charge is 0.371 e. The van der Waals surface area contributed by atoms with Crippen LogP contribution >= 0.6 is 11.6 Å². The SMILES string of the molecule is C[C@@H]1CCO[C@H]2Cn3c[c-]c(=O)c(Cl)c3C(=O)N12.[W]. The molecule has 1 saturated heterocycles. The van der Waals surface area contributed by atoms with E-state index in [1.807, 2.05) is 6.92 Å². The number of nitrogens with zero attached hydrogens (tertiary/aromatic N) is 2. The molecule has 0 unspecified atom stereocenters. The molecule has 0 N–H and O–H groups in total. The zero-order valence-electron chi connectivity index (χ0n) is 10.3. The Morgan fingerprint density at radius 1 is 1.47 bits per heavy atom. The summed E-state index contributed by atoms with van der Waals surface area (Å²) in [6.07, 6.45) is 1.99. The van der Waals surface area contributed by atoms with Crippen LogP contribution in [0.1, 0.15) is 23.8 Å². The van der Waals surface area contributed by atoms with Gasteiger partial charge in [-0.3, -0.25) is 4.79 Å². The molecule has 5 nitrogen and oxygen atoms in total. The Labute approximate surface area is 129 Å². The van der Waals surface area contributed by atoms with Crippen molar-refractivity contribution in [1.82, 2.24) is 9.47 Å². The summed E-state index contributed by atoms with van der Waals surface area (Å²) >= 11 is 5.93. The van der Waals surface area contributed by atoms with Crippen LogP contribution in [0.4, 0.5) is 0 Å². The monoisotopic (exact) mass is 451 g/mol. The van der Waals surface area contributed by atoms with Gasteiger partial charge in [-0.25, -0.2) is 0 Å². The van der Waals surface area contributed by atoms with Crippen LogP contribution in [0.5, 0.6) is 0 Å². The van der Waals surface area contributed by atoms with Crippen LogP contribution in [0, 0.1) is 6.07 Å². The Kier molecular flexibility index (Phi) is 4.19. The van der Waals surface area contributed by atoms with Crippen molar-refractivity contribution in [1.29, 1.82) is 0 Å². The maximum Gasteiger partial charge on any atom is 0.255 e. The second kappa shape index (κ2) is 5.39. The molecule has 2 aliphatic rings. The van der Waals surface area contributed by atoms with E-state index in [0.717, 1.165) is 6.42 Å². The number of hydrogen-bond donors (Lipinski definition) is 0. The van der Waals surface area contributed by atoms with E-state index in [1.165, 1.54) is 6.20 Å². The summed E-state index contributed by atoms with van der Waals surface area (Å²) in [5.74, 6) is -0.241. The maximum absolute atomic E-state index is 12.4. The van der Waals surface area contributed by atoms with Crippen molar-refractivity contribution < 1.29 is 30.6 Å². The molecule has 102 valence electrons. The summed E-state index contributed by atoms with van der Waals surface area (Å²) in [5.41, 5.74) is -0.200. The third-order valence-electron chi connectivity index (χ3n) is 3.47. The molecule has 2 atom stereocenters. The number of halogens is 1. The van der Waals surface area contributed by atoms with Crippen LogP contribution in [0.2, 0.25) is 5.02 Å². The second-order valence-corrected chi connectivity index (χ2v) is 4.97. The second-order valence-electron chi connectivity index (χ2n) is 4.59. The normalized spacial score (nSPS) is 25.4. The van der Waals surface area contributed by atoms with Crippen molar-refractivity contribution in [3.05, 3.63) is 33.2 Å². The van der Waals surface area contributed by atoms with Gasteiger partial charge in [-0.1, -0.05) is 6.20 Å². The zero-order chi connectivity index (χ0) is 12.9. The molecule has 0 aliphatic carbocycles. The first kappa shape index (κ1) is 14.8. The summed E-state index contributed by atoms with van der Waals surface area (Å²) < 4.78 is 7.24. The minimum Gasteiger partial charge on any atom is -0.371 e. The van der Waals surface area contributed by atoms with Gasteiger partial charge in [0.15, 0.2) is 6.23 Å². The van der Waals surface area contributed by atoms with Crippen LogP contribution in [0.25, 0.3) is 0 Å². The number of fused-ring (bicyclic) bond motifs is 2. The minimum absolute atomic E-state index is 0. The number of pyridine rings is 1. The van der Waals surface area contributed by atoms with Gasteiger partial charge in [0.05, 0.1) is 13.2 Å². The quantitative estimate of drug-likeness (QED) is 0.551. The summed E-state index contributed by atoms with van der Waals surface area (Å²) in [6.45, 7) is 3.11. The van der Waals surface area contributed by atoms with Crippen molar-refractivity contribution in [2.75, 3.05) is 6.61 Å². The van der Waals surface area contributed by atoms with Crippen LogP contribution in [0.3, 0.4) is 0 Å². The van der Waals surface area contributed by atoms with E-state index in [9.17, 15) is 9.59 Å². The Balaban J connectivity index is 0.00000133. The van der Waals surface area contributed by atoms with E-state index in [2.05, 4.69) is 6.07 Å². The van der Waals surface area contributed by atoms with Crippen LogP contribution in [-0.2, 0) is 32.3 Å². The van der Waals surface area contributed by atoms with Gasteiger partial charge >= 0.3 is 0 Å². The van der Waals surface area contributed by atoms with Gasteiger partial charge in [0.2, 0.25) is 0 Å². The van der Waals surface area contributed by atoms with Crippen molar-refractivity contribution in [3.8, 4) is 0 Å². The third kappa shape index (κ3) is 2.28. The molecule has 1 fully saturated rings. The Bertz CT molecular complexity index is 575. The zero-order valence-corrected chi connectivity index (χ0v) is 13.9. The van der Waals surface area contributed by atoms with Crippen molar-refractivity contribution in [3.63, 3.8) is 0 Å². The molecule has 1 amide bonds. The van der Waals surface area contributed by atoms with Gasteiger partial charge in [0.25, 0.3) is 5.91 Å². The molecule has 3 rings (SSSR count). The van der Waals surface area contributed by atoms with Crippen LogP contribution in [-0.4, -0.2) is 34.3 Å². The molecule has 2 aliphatic heterocycles. The number of ether oxygens (including phenoxy) is 1. The first-order valence-corrected chi connectivity index (χ1v) is 6.22. The van der Waals surface area contributed by atoms with Crippen molar-refractivity contribution in [2.45, 2.75) is 32.2 Å². The minimum atomic E-state index is -0.444. The molecule has 0 bridgehead atoms. The maximum atomic E-state index is 12.4. The number of rotatable bonds is 0. The predicted octanol–water partition coefficient (Wildman–Crippen LogP) is 0.890. The number of hydrogen-bond acceptors (Lipinski definition) is 3. The molecule has 3 heterocycles. The van der Waals surface area contributed by atoms with Gasteiger partial charge < -0.3 is 19.0 Å². The smallest absolute Gasteiger partial charge is 0.255 e. The fourth-order valence-electron chi connectivity index (χ4n) is 2.50. The Hall–Kier alpha value is -0.642. The molecule has 1 aromatic rings. The fourth-order valence-corrected chi connectivity index (χ4v) is 2.74. The van der Waals surface area contributed by atoms with E-state index in [4.69, 9.17) is 16.3 Å². The van der Waals surface area contributed by atoms with E-state index in [0.29, 0.717) is 13.2 Å². The van der Waals surface area contributed by atoms with Crippen LogP contribution < -0.4 is 5.43 Å². The fraction of sp³-hybridized carbons (Fsp3) is 0.500. The van der Waals surface area contributed by atoms with E-state index in [1.54, 1.807) is 9.47 Å². The third-order valence-corrected chi connectivity index (χ3v) is 3.82. The summed E-state index contributed by atoms with van der Waals surface area (Å²) in [4.78, 5) is 25.6. The molecule has 0 radical (unpaired) electrons. The first-order chi connectivity index (χ1) is 8.59. The molecular weight excluding hydrogens is 439 g/mol. The summed E-state index contributed by atoms with van der Waals surface area (Å²) in [7, 11) is 0. The molecule has 19 heavy (non-hydrogen) atoms. The molecule has 0 aromatic carbocycles.